The third kappa shape index (κ3) is 6.53. The van der Waals surface area contributed by atoms with Crippen LogP contribution in [0.3, 0.4) is 0 Å². The average Bonchev–Trinajstić information content (AvgIpc) is 2.79. The molecule has 1 amide bonds. The Hall–Kier alpha value is -2.94. The van der Waals surface area contributed by atoms with Crippen molar-refractivity contribution in [1.82, 2.24) is 5.32 Å². The fraction of sp³-hybridized carbons (Fsp3) is 0.435. The van der Waals surface area contributed by atoms with Crippen molar-refractivity contribution in [1.29, 1.82) is 0 Å². The summed E-state index contributed by atoms with van der Waals surface area (Å²) in [6.07, 6.45) is 2.38. The first-order valence-electron chi connectivity index (χ1n) is 10.4. The number of anilines is 1. The highest BCUT2D eigenvalue weighted by Crippen LogP contribution is 2.31. The van der Waals surface area contributed by atoms with Crippen LogP contribution in [0.5, 0.6) is 17.2 Å². The minimum absolute atomic E-state index is 0.153. The van der Waals surface area contributed by atoms with Gasteiger partial charge in [0.2, 0.25) is 15.9 Å². The lowest BCUT2D eigenvalue weighted by Crippen LogP contribution is -2.33. The summed E-state index contributed by atoms with van der Waals surface area (Å²) < 4.78 is 41.9. The maximum absolute atomic E-state index is 12.6. The van der Waals surface area contributed by atoms with E-state index in [0.29, 0.717) is 35.8 Å². The molecule has 176 valence electrons. The number of benzene rings is 2. The summed E-state index contributed by atoms with van der Waals surface area (Å²) in [7, 11) is 1.09. The SMILES string of the molecule is CC[C@@H](NC(=O)CCCN(c1ccccc1OC)S(C)(=O)=O)c1ccc(OC)c(OC)c1. The van der Waals surface area contributed by atoms with E-state index in [1.165, 1.54) is 11.4 Å². The average molecular weight is 465 g/mol. The quantitative estimate of drug-likeness (QED) is 0.517. The number of amides is 1. The van der Waals surface area contributed by atoms with E-state index in [2.05, 4.69) is 5.32 Å². The second-order valence-electron chi connectivity index (χ2n) is 7.25. The van der Waals surface area contributed by atoms with E-state index in [9.17, 15) is 13.2 Å². The molecule has 1 N–H and O–H groups in total. The maximum Gasteiger partial charge on any atom is 0.232 e. The van der Waals surface area contributed by atoms with Crippen LogP contribution in [0.4, 0.5) is 5.69 Å². The number of ether oxygens (including phenoxy) is 3. The van der Waals surface area contributed by atoms with Gasteiger partial charge < -0.3 is 19.5 Å². The van der Waals surface area contributed by atoms with Gasteiger partial charge in [0.1, 0.15) is 5.75 Å². The second-order valence-corrected chi connectivity index (χ2v) is 9.16. The summed E-state index contributed by atoms with van der Waals surface area (Å²) in [4.78, 5) is 12.6. The molecule has 0 saturated heterocycles. The Labute approximate surface area is 190 Å². The highest BCUT2D eigenvalue weighted by molar-refractivity contribution is 7.92. The number of sulfonamides is 1. The van der Waals surface area contributed by atoms with E-state index in [4.69, 9.17) is 14.2 Å². The molecule has 0 bridgehead atoms. The van der Waals surface area contributed by atoms with Crippen molar-refractivity contribution in [3.05, 3.63) is 48.0 Å². The minimum atomic E-state index is -3.54. The summed E-state index contributed by atoms with van der Waals surface area (Å²) in [5, 5.41) is 3.02. The first-order chi connectivity index (χ1) is 15.2. The summed E-state index contributed by atoms with van der Waals surface area (Å²) in [6.45, 7) is 2.15. The molecular weight excluding hydrogens is 432 g/mol. The Kier molecular flexibility index (Phi) is 9.19. The molecule has 0 aromatic heterocycles. The molecule has 0 aliphatic carbocycles. The molecule has 0 aliphatic heterocycles. The topological polar surface area (TPSA) is 94.2 Å². The Morgan fingerprint density at radius 1 is 1.00 bits per heavy atom. The zero-order valence-corrected chi connectivity index (χ0v) is 20.1. The molecule has 32 heavy (non-hydrogen) atoms. The number of rotatable bonds is 12. The third-order valence-corrected chi connectivity index (χ3v) is 6.25. The van der Waals surface area contributed by atoms with Gasteiger partial charge >= 0.3 is 0 Å². The molecule has 2 rings (SSSR count). The van der Waals surface area contributed by atoms with Crippen LogP contribution >= 0.6 is 0 Å². The predicted molar refractivity (Wildman–Crippen MR) is 125 cm³/mol. The molecule has 2 aromatic carbocycles. The van der Waals surface area contributed by atoms with Gasteiger partial charge in [-0.05, 0) is 42.7 Å². The summed E-state index contributed by atoms with van der Waals surface area (Å²) in [6, 6.07) is 12.3. The van der Waals surface area contributed by atoms with Gasteiger partial charge in [-0.3, -0.25) is 9.10 Å². The van der Waals surface area contributed by atoms with Gasteiger partial charge in [-0.1, -0.05) is 25.1 Å². The van der Waals surface area contributed by atoms with Crippen LogP contribution in [-0.4, -0.2) is 48.5 Å². The summed E-state index contributed by atoms with van der Waals surface area (Å²) in [5.41, 5.74) is 1.36. The van der Waals surface area contributed by atoms with Crippen molar-refractivity contribution >= 4 is 21.6 Å². The van der Waals surface area contributed by atoms with Gasteiger partial charge in [0, 0.05) is 13.0 Å². The normalized spacial score (nSPS) is 12.0. The first-order valence-corrected chi connectivity index (χ1v) is 12.2. The fourth-order valence-corrected chi connectivity index (χ4v) is 4.41. The van der Waals surface area contributed by atoms with E-state index in [-0.39, 0.29) is 24.9 Å². The zero-order chi connectivity index (χ0) is 23.7. The highest BCUT2D eigenvalue weighted by Gasteiger charge is 2.21. The van der Waals surface area contributed by atoms with Gasteiger partial charge in [0.15, 0.2) is 11.5 Å². The van der Waals surface area contributed by atoms with Crippen LogP contribution in [0.15, 0.2) is 42.5 Å². The smallest absolute Gasteiger partial charge is 0.232 e. The van der Waals surface area contributed by atoms with E-state index < -0.39 is 10.0 Å². The van der Waals surface area contributed by atoms with Crippen molar-refractivity contribution in [2.75, 3.05) is 38.4 Å². The molecule has 0 unspecified atom stereocenters. The minimum Gasteiger partial charge on any atom is -0.495 e. The number of hydrogen-bond acceptors (Lipinski definition) is 6. The molecule has 9 heteroatoms. The number of nitrogens with zero attached hydrogens (tertiary/aromatic N) is 1. The van der Waals surface area contributed by atoms with E-state index >= 15 is 0 Å². The van der Waals surface area contributed by atoms with Crippen molar-refractivity contribution in [3.8, 4) is 17.2 Å². The van der Waals surface area contributed by atoms with Crippen LogP contribution in [0.1, 0.15) is 37.8 Å². The number of carbonyl (C=O) groups is 1. The van der Waals surface area contributed by atoms with E-state index in [0.717, 1.165) is 11.8 Å². The molecule has 1 atom stereocenters. The first kappa shape index (κ1) is 25.3. The van der Waals surface area contributed by atoms with Crippen LogP contribution in [0, 0.1) is 0 Å². The van der Waals surface area contributed by atoms with Crippen LogP contribution in [-0.2, 0) is 14.8 Å². The lowest BCUT2D eigenvalue weighted by atomic mass is 10.0. The second kappa shape index (κ2) is 11.6. The lowest BCUT2D eigenvalue weighted by molar-refractivity contribution is -0.121. The van der Waals surface area contributed by atoms with Crippen LogP contribution in [0.25, 0.3) is 0 Å². The van der Waals surface area contributed by atoms with E-state index in [1.54, 1.807) is 44.6 Å². The summed E-state index contributed by atoms with van der Waals surface area (Å²) >= 11 is 0. The highest BCUT2D eigenvalue weighted by atomic mass is 32.2. The number of para-hydroxylation sites is 2. The van der Waals surface area contributed by atoms with Crippen LogP contribution in [0.2, 0.25) is 0 Å². The molecule has 0 saturated carbocycles. The third-order valence-electron chi connectivity index (χ3n) is 5.07. The molecular formula is C23H32N2O6S. The maximum atomic E-state index is 12.6. The van der Waals surface area contributed by atoms with Crippen molar-refractivity contribution in [3.63, 3.8) is 0 Å². The monoisotopic (exact) mass is 464 g/mol. The molecule has 0 aliphatic rings. The molecule has 0 spiro atoms. The Morgan fingerprint density at radius 3 is 2.25 bits per heavy atom. The fourth-order valence-electron chi connectivity index (χ4n) is 3.44. The van der Waals surface area contributed by atoms with Gasteiger partial charge in [-0.15, -0.1) is 0 Å². The molecule has 0 fully saturated rings. The lowest BCUT2D eigenvalue weighted by Gasteiger charge is -2.24. The van der Waals surface area contributed by atoms with Gasteiger partial charge in [-0.2, -0.15) is 0 Å². The van der Waals surface area contributed by atoms with Gasteiger partial charge in [0.25, 0.3) is 0 Å². The summed E-state index contributed by atoms with van der Waals surface area (Å²) in [5.74, 6) is 1.52. The zero-order valence-electron chi connectivity index (χ0n) is 19.3. The van der Waals surface area contributed by atoms with Crippen molar-refractivity contribution in [2.24, 2.45) is 0 Å². The van der Waals surface area contributed by atoms with Crippen LogP contribution < -0.4 is 23.8 Å². The van der Waals surface area contributed by atoms with Crippen molar-refractivity contribution < 1.29 is 27.4 Å². The predicted octanol–water partition coefficient (Wildman–Crippen LogP) is 3.53. The largest absolute Gasteiger partial charge is 0.495 e. The Morgan fingerprint density at radius 2 is 1.66 bits per heavy atom. The van der Waals surface area contributed by atoms with Gasteiger partial charge in [0.05, 0.1) is 39.3 Å². The molecule has 2 aromatic rings. The standard InChI is InChI=1S/C23H32N2O6S/c1-6-18(17-13-14-21(30-3)22(16-17)31-4)24-23(26)12-9-15-25(32(5,27)28)19-10-7-8-11-20(19)29-2/h7-8,10-11,13-14,16,18H,6,9,12,15H2,1-5H3,(H,24,26)/t18-/m1/s1. The van der Waals surface area contributed by atoms with E-state index in [1.807, 2.05) is 19.1 Å². The number of carbonyl (C=O) groups excluding carboxylic acids is 1. The molecule has 0 heterocycles. The number of methoxy groups -OCH3 is 3. The number of nitrogens with one attached hydrogen (secondary N) is 1. The Bertz CT molecular complexity index is 1010. The number of hydrogen-bond donors (Lipinski definition) is 1. The molecule has 8 nitrogen and oxygen atoms in total. The molecule has 0 radical (unpaired) electrons. The van der Waals surface area contributed by atoms with Gasteiger partial charge in [-0.25, -0.2) is 8.42 Å². The van der Waals surface area contributed by atoms with Crippen molar-refractivity contribution in [2.45, 2.75) is 32.2 Å². The Balaban J connectivity index is 2.04.